The third-order valence-corrected chi connectivity index (χ3v) is 12.9. The Balaban J connectivity index is 2.10. The Hall–Kier alpha value is -3.43. The Morgan fingerprint density at radius 1 is 0.452 bits per heavy atom. The summed E-state index contributed by atoms with van der Waals surface area (Å²) in [5.74, 6) is 0. The molecule has 42 heavy (non-hydrogen) atoms. The molecule has 0 saturated heterocycles. The van der Waals surface area contributed by atoms with E-state index in [2.05, 4.69) is 89.2 Å². The van der Waals surface area contributed by atoms with Crippen LogP contribution >= 0.6 is 0 Å². The standard InChI is InChI=1S/C39H42O2S/c1-19-20(2)26(8)34-33(25(19)7)35-27(9)21(3)23(5)29(11)37(35)39(38-30(12)24(6)22(4)28(10)36(34)38)17-18-42(40,41)32-16-14-13-15-31(32)39/h13-18H,1-12H3. The second-order valence-electron chi connectivity index (χ2n) is 12.9. The maximum Gasteiger partial charge on any atom is 0.199 e. The molecule has 0 aromatic heterocycles. The largest absolute Gasteiger partial charge is 0.219 e. The lowest BCUT2D eigenvalue weighted by Gasteiger charge is -2.41. The molecule has 0 unspecified atom stereocenters. The first-order valence-electron chi connectivity index (χ1n) is 15.0. The summed E-state index contributed by atoms with van der Waals surface area (Å²) in [4.78, 5) is 0.404. The van der Waals surface area contributed by atoms with Crippen LogP contribution in [0.25, 0.3) is 22.3 Å². The first kappa shape index (κ1) is 28.7. The van der Waals surface area contributed by atoms with E-state index < -0.39 is 15.3 Å². The van der Waals surface area contributed by atoms with Crippen LogP contribution in [0.4, 0.5) is 0 Å². The van der Waals surface area contributed by atoms with E-state index in [0.29, 0.717) is 4.90 Å². The fraction of sp³-hybridized carbons (Fsp3) is 0.333. The third-order valence-electron chi connectivity index (χ3n) is 11.5. The second kappa shape index (κ2) is 9.04. The summed E-state index contributed by atoms with van der Waals surface area (Å²) in [7, 11) is -3.59. The summed E-state index contributed by atoms with van der Waals surface area (Å²) in [6, 6.07) is 7.72. The van der Waals surface area contributed by atoms with Gasteiger partial charge in [0.1, 0.15) is 0 Å². The molecule has 3 heteroatoms. The van der Waals surface area contributed by atoms with Gasteiger partial charge in [0.2, 0.25) is 0 Å². The molecule has 0 saturated carbocycles. The summed E-state index contributed by atoms with van der Waals surface area (Å²) >= 11 is 0. The Kier molecular flexibility index (Phi) is 6.17. The molecule has 4 aromatic carbocycles. The molecule has 6 rings (SSSR count). The molecule has 1 aliphatic carbocycles. The first-order valence-corrected chi connectivity index (χ1v) is 16.5. The van der Waals surface area contributed by atoms with Gasteiger partial charge >= 0.3 is 0 Å². The highest BCUT2D eigenvalue weighted by atomic mass is 32.2. The van der Waals surface area contributed by atoms with Crippen LogP contribution in [0, 0.1) is 83.1 Å². The van der Waals surface area contributed by atoms with E-state index in [1.54, 1.807) is 6.07 Å². The topological polar surface area (TPSA) is 34.1 Å². The molecule has 0 N–H and O–H groups in total. The highest BCUT2D eigenvalue weighted by Crippen LogP contribution is 2.61. The van der Waals surface area contributed by atoms with Gasteiger partial charge in [-0.25, -0.2) is 8.42 Å². The van der Waals surface area contributed by atoms with Crippen LogP contribution < -0.4 is 0 Å². The summed E-state index contributed by atoms with van der Waals surface area (Å²) < 4.78 is 27.4. The quantitative estimate of drug-likeness (QED) is 0.209. The Labute approximate surface area is 252 Å². The van der Waals surface area contributed by atoms with Gasteiger partial charge in [-0.2, -0.15) is 0 Å². The zero-order valence-corrected chi connectivity index (χ0v) is 28.0. The van der Waals surface area contributed by atoms with Gasteiger partial charge in [-0.3, -0.25) is 0 Å². The van der Waals surface area contributed by atoms with E-state index in [4.69, 9.17) is 0 Å². The zero-order valence-electron chi connectivity index (χ0n) is 27.2. The highest BCUT2D eigenvalue weighted by molar-refractivity contribution is 7.94. The van der Waals surface area contributed by atoms with Gasteiger partial charge in [0.05, 0.1) is 10.3 Å². The molecule has 4 aromatic rings. The summed E-state index contributed by atoms with van der Waals surface area (Å²) in [5.41, 5.74) is 23.0. The minimum absolute atomic E-state index is 0.404. The predicted molar refractivity (Wildman–Crippen MR) is 177 cm³/mol. The molecule has 0 amide bonds. The van der Waals surface area contributed by atoms with Crippen molar-refractivity contribution in [1.29, 1.82) is 0 Å². The van der Waals surface area contributed by atoms with Crippen molar-refractivity contribution in [3.63, 3.8) is 0 Å². The van der Waals surface area contributed by atoms with Gasteiger partial charge in [-0.1, -0.05) is 24.3 Å². The monoisotopic (exact) mass is 574 g/mol. The fourth-order valence-electron chi connectivity index (χ4n) is 8.13. The van der Waals surface area contributed by atoms with Gasteiger partial charge in [-0.05, 0) is 195 Å². The summed E-state index contributed by atoms with van der Waals surface area (Å²) in [6.45, 7) is 27.0. The van der Waals surface area contributed by atoms with E-state index in [1.165, 1.54) is 106 Å². The lowest BCUT2D eigenvalue weighted by Crippen LogP contribution is -2.35. The summed E-state index contributed by atoms with van der Waals surface area (Å²) in [5, 5.41) is 1.49. The van der Waals surface area contributed by atoms with E-state index in [9.17, 15) is 8.42 Å². The predicted octanol–water partition coefficient (Wildman–Crippen LogP) is 9.67. The van der Waals surface area contributed by atoms with Crippen LogP contribution in [-0.4, -0.2) is 8.42 Å². The smallest absolute Gasteiger partial charge is 0.199 e. The van der Waals surface area contributed by atoms with Crippen molar-refractivity contribution in [3.05, 3.63) is 119 Å². The average molecular weight is 575 g/mol. The normalized spacial score (nSPS) is 15.6. The molecule has 2 nitrogen and oxygen atoms in total. The Bertz CT molecular complexity index is 1950. The van der Waals surface area contributed by atoms with E-state index in [1.807, 2.05) is 18.2 Å². The molecule has 1 heterocycles. The van der Waals surface area contributed by atoms with Gasteiger partial charge < -0.3 is 0 Å². The molecular weight excluding hydrogens is 532 g/mol. The van der Waals surface area contributed by atoms with Crippen molar-refractivity contribution < 1.29 is 8.42 Å². The molecule has 216 valence electrons. The molecular formula is C39H42O2S. The van der Waals surface area contributed by atoms with Crippen LogP contribution in [0.3, 0.4) is 0 Å². The number of hydrogen-bond acceptors (Lipinski definition) is 2. The summed E-state index contributed by atoms with van der Waals surface area (Å²) in [6.07, 6.45) is 2.03. The molecule has 0 fully saturated rings. The molecule has 1 aliphatic heterocycles. The van der Waals surface area contributed by atoms with Gasteiger partial charge in [0.25, 0.3) is 0 Å². The maximum atomic E-state index is 13.7. The van der Waals surface area contributed by atoms with Crippen molar-refractivity contribution in [2.45, 2.75) is 93.4 Å². The van der Waals surface area contributed by atoms with E-state index >= 15 is 0 Å². The fourth-order valence-corrected chi connectivity index (χ4v) is 9.46. The van der Waals surface area contributed by atoms with Crippen LogP contribution in [-0.2, 0) is 15.3 Å². The SMILES string of the molecule is Cc1c(C)c(C)c2c(c1C)-c1c(C)c(C)c(C)c(C)c1C1(C=CS(=O)(=O)c3ccccc31)c1c(C)c(C)c(C)c(C)c1-2. The minimum atomic E-state index is -3.59. The number of rotatable bonds is 0. The highest BCUT2D eigenvalue weighted by Gasteiger charge is 2.49. The van der Waals surface area contributed by atoms with Crippen molar-refractivity contribution in [2.24, 2.45) is 0 Å². The maximum absolute atomic E-state index is 13.7. The van der Waals surface area contributed by atoms with Crippen molar-refractivity contribution in [3.8, 4) is 22.3 Å². The van der Waals surface area contributed by atoms with Crippen LogP contribution in [0.5, 0.6) is 0 Å². The molecule has 0 bridgehead atoms. The Morgan fingerprint density at radius 2 is 0.810 bits per heavy atom. The van der Waals surface area contributed by atoms with Gasteiger partial charge in [-0.15, -0.1) is 0 Å². The van der Waals surface area contributed by atoms with Gasteiger partial charge in [0, 0.05) is 5.41 Å². The lowest BCUT2D eigenvalue weighted by atomic mass is 9.63. The molecule has 0 atom stereocenters. The number of allylic oxidation sites excluding steroid dienone is 1. The molecule has 0 radical (unpaired) electrons. The lowest BCUT2D eigenvalue weighted by molar-refractivity contribution is 0.597. The third kappa shape index (κ3) is 3.29. The number of hydrogen-bond donors (Lipinski definition) is 0. The van der Waals surface area contributed by atoms with Crippen LogP contribution in [0.1, 0.15) is 83.5 Å². The average Bonchev–Trinajstić information content (AvgIpc) is 3.08. The van der Waals surface area contributed by atoms with E-state index in [0.717, 1.165) is 5.56 Å². The number of sulfone groups is 1. The molecule has 2 aliphatic rings. The van der Waals surface area contributed by atoms with Crippen molar-refractivity contribution in [1.82, 2.24) is 0 Å². The zero-order chi connectivity index (χ0) is 30.8. The first-order chi connectivity index (χ1) is 19.6. The second-order valence-corrected chi connectivity index (χ2v) is 14.7. The van der Waals surface area contributed by atoms with Gasteiger partial charge in [0.15, 0.2) is 9.84 Å². The molecule has 1 spiro atoms. The van der Waals surface area contributed by atoms with Crippen molar-refractivity contribution >= 4 is 9.84 Å². The number of benzene rings is 4. The Morgan fingerprint density at radius 3 is 1.24 bits per heavy atom. The number of fused-ring (bicyclic) bond motifs is 9. The minimum Gasteiger partial charge on any atom is -0.219 e. The van der Waals surface area contributed by atoms with Crippen molar-refractivity contribution in [2.75, 3.05) is 0 Å². The van der Waals surface area contributed by atoms with Crippen LogP contribution in [0.15, 0.2) is 40.6 Å². The van der Waals surface area contributed by atoms with Crippen LogP contribution in [0.2, 0.25) is 0 Å². The van der Waals surface area contributed by atoms with E-state index in [-0.39, 0.29) is 0 Å².